The number of aliphatic hydroxyl groups excluding tert-OH is 4. The summed E-state index contributed by atoms with van der Waals surface area (Å²) in [6, 6.07) is 44.5. The standard InChI is InChI=1S/C86H116Cl2N4O24/c1-5-97-33-37-101-41-45-105-49-53-109-73(57-93)61-113-69-25-17-65(18-26-69)81-82(66-19-27-70(28-20-66)114-62-74(58-94)110-54-50-106-46-42-102-38-34-98-6-2)91-86(90-81,78-14-10-12-16-80(78)88)92-84(68-23-31-72(32-24-68)116-64-76(60-96)112-56-52-108-48-44-104-40-36-100-8-4)83(89-85(92)77-13-9-11-15-79(77)87)67-21-29-71(30-22-67)115-63-75(59-95)111-55-51-107-47-43-103-39-35-99-7-3/h9-32,73-76,93-96H,5-8,33-64H2,1-4H3. The lowest BCUT2D eigenvalue weighted by molar-refractivity contribution is -0.0457. The molecule has 116 heavy (non-hydrogen) atoms. The van der Waals surface area contributed by atoms with Crippen LogP contribution >= 0.6 is 23.2 Å². The molecule has 6 aromatic carbocycles. The molecule has 0 saturated carbocycles. The molecule has 1 aliphatic heterocycles. The van der Waals surface area contributed by atoms with Gasteiger partial charge in [0.05, 0.1) is 218 Å². The molecule has 30 heteroatoms. The highest BCUT2D eigenvalue weighted by molar-refractivity contribution is 6.54. The fourth-order valence-corrected chi connectivity index (χ4v) is 12.1. The number of hydrogen-bond donors (Lipinski definition) is 4. The topological polar surface area (TPSA) is 308 Å². The van der Waals surface area contributed by atoms with Crippen LogP contribution in [-0.2, 0) is 81.6 Å². The summed E-state index contributed by atoms with van der Waals surface area (Å²) in [6.07, 6.45) is -2.66. The van der Waals surface area contributed by atoms with E-state index in [2.05, 4.69) is 0 Å². The molecule has 0 aliphatic carbocycles. The number of aliphatic imine (C=N–C) groups is 2. The molecule has 2 heterocycles. The second-order valence-corrected chi connectivity index (χ2v) is 26.5. The number of rotatable bonds is 67. The molecule has 0 radical (unpaired) electrons. The van der Waals surface area contributed by atoms with E-state index < -0.39 is 30.2 Å². The first-order valence-corrected chi connectivity index (χ1v) is 40.4. The minimum atomic E-state index is -1.87. The van der Waals surface area contributed by atoms with E-state index in [0.717, 1.165) is 0 Å². The predicted octanol–water partition coefficient (Wildman–Crippen LogP) is 10.1. The second kappa shape index (κ2) is 56.3. The molecule has 0 saturated heterocycles. The van der Waals surface area contributed by atoms with E-state index in [1.165, 1.54) is 0 Å². The number of benzene rings is 6. The number of aliphatic hydroxyl groups is 4. The van der Waals surface area contributed by atoms with Crippen molar-refractivity contribution in [2.75, 3.05) is 238 Å². The van der Waals surface area contributed by atoms with Crippen molar-refractivity contribution in [1.29, 1.82) is 0 Å². The monoisotopic (exact) mass is 1660 g/mol. The van der Waals surface area contributed by atoms with Crippen molar-refractivity contribution in [2.24, 2.45) is 9.98 Å². The molecule has 4 atom stereocenters. The van der Waals surface area contributed by atoms with Crippen molar-refractivity contribution in [3.05, 3.63) is 172 Å². The number of aromatic nitrogens is 2. The Morgan fingerprint density at radius 3 is 0.897 bits per heavy atom. The van der Waals surface area contributed by atoms with Crippen molar-refractivity contribution >= 4 is 34.6 Å². The lowest BCUT2D eigenvalue weighted by Gasteiger charge is -2.30. The van der Waals surface area contributed by atoms with Crippen LogP contribution in [0.3, 0.4) is 0 Å². The molecular formula is C86H116Cl2N4O24. The van der Waals surface area contributed by atoms with Crippen LogP contribution < -0.4 is 18.9 Å². The Kier molecular flexibility index (Phi) is 45.8. The number of halogens is 2. The molecule has 4 N–H and O–H groups in total. The Hall–Kier alpha value is -7.15. The van der Waals surface area contributed by atoms with E-state index in [1.807, 2.05) is 166 Å². The summed E-state index contributed by atoms with van der Waals surface area (Å²) in [5, 5.41) is 42.3. The first kappa shape index (κ1) is 94.3. The summed E-state index contributed by atoms with van der Waals surface area (Å²) >= 11 is 15.0. The van der Waals surface area contributed by atoms with Crippen LogP contribution in [0.2, 0.25) is 10.0 Å². The Morgan fingerprint density at radius 1 is 0.319 bits per heavy atom. The molecule has 1 aliphatic rings. The van der Waals surface area contributed by atoms with Crippen molar-refractivity contribution in [3.8, 4) is 56.9 Å². The maximum atomic E-state index is 10.5. The molecule has 0 spiro atoms. The second-order valence-electron chi connectivity index (χ2n) is 25.7. The molecule has 0 fully saturated rings. The number of ether oxygens (including phenoxy) is 20. The third-order valence-corrected chi connectivity index (χ3v) is 18.1. The normalized spacial score (nSPS) is 14.5. The summed E-state index contributed by atoms with van der Waals surface area (Å²) < 4.78 is 117. The molecule has 4 unspecified atom stereocenters. The summed E-state index contributed by atoms with van der Waals surface area (Å²) in [7, 11) is 0. The zero-order valence-corrected chi connectivity index (χ0v) is 68.6. The SMILES string of the molecule is CCOCCOCCOCCOC(CO)COc1ccc(C2=NC(c3ccccc3Cl)(n3c(-c4ccccc4Cl)nc(-c4ccc(OCC(CO)OCCOCCOCCOCC)cc4)c3-c3ccc(OCC(CO)OCCOCCOCCOCC)cc3)N=C2c2ccc(OCC(CO)OCCOCCOCCOCC)cc2)cc1. The Bertz CT molecular complexity index is 3730. The third kappa shape index (κ3) is 32.2. The first-order chi connectivity index (χ1) is 57.1. The minimum Gasteiger partial charge on any atom is -0.491 e. The zero-order valence-electron chi connectivity index (χ0n) is 67.1. The number of imidazole rings is 1. The van der Waals surface area contributed by atoms with Crippen molar-refractivity contribution in [3.63, 3.8) is 0 Å². The number of nitrogens with zero attached hydrogens (tertiary/aromatic N) is 4. The van der Waals surface area contributed by atoms with Crippen LogP contribution in [-0.4, -0.2) is 304 Å². The zero-order chi connectivity index (χ0) is 81.9. The Morgan fingerprint density at radius 2 is 0.595 bits per heavy atom. The molecule has 638 valence electrons. The highest BCUT2D eigenvalue weighted by Crippen LogP contribution is 2.49. The summed E-state index contributed by atoms with van der Waals surface area (Å²) in [5.41, 5.74) is 5.43. The maximum Gasteiger partial charge on any atom is 0.263 e. The fourth-order valence-electron chi connectivity index (χ4n) is 11.6. The lowest BCUT2D eigenvalue weighted by Crippen LogP contribution is -2.31. The van der Waals surface area contributed by atoms with E-state index in [4.69, 9.17) is 133 Å². The van der Waals surface area contributed by atoms with Gasteiger partial charge in [-0.3, -0.25) is 4.57 Å². The van der Waals surface area contributed by atoms with Crippen LogP contribution in [0.25, 0.3) is 33.9 Å². The van der Waals surface area contributed by atoms with Crippen molar-refractivity contribution < 1.29 is 115 Å². The highest BCUT2D eigenvalue weighted by Gasteiger charge is 2.46. The molecule has 28 nitrogen and oxygen atoms in total. The van der Waals surface area contributed by atoms with Gasteiger partial charge >= 0.3 is 0 Å². The van der Waals surface area contributed by atoms with Gasteiger partial charge in [-0.25, -0.2) is 15.0 Å². The molecule has 0 amide bonds. The molecule has 0 bridgehead atoms. The summed E-state index contributed by atoms with van der Waals surface area (Å²) in [6.45, 7) is 18.3. The molecule has 7 aromatic rings. The van der Waals surface area contributed by atoms with Gasteiger partial charge in [-0.2, -0.15) is 0 Å². The van der Waals surface area contributed by atoms with Crippen molar-refractivity contribution in [1.82, 2.24) is 9.55 Å². The van der Waals surface area contributed by atoms with Gasteiger partial charge < -0.3 is 115 Å². The Labute approximate surface area is 690 Å². The van der Waals surface area contributed by atoms with Gasteiger partial charge in [0.1, 0.15) is 79.7 Å². The van der Waals surface area contributed by atoms with Gasteiger partial charge in [-0.1, -0.05) is 53.5 Å². The summed E-state index contributed by atoms with van der Waals surface area (Å²) in [4.78, 5) is 17.4. The van der Waals surface area contributed by atoms with E-state index in [1.54, 1.807) is 12.1 Å². The van der Waals surface area contributed by atoms with Crippen LogP contribution in [0.4, 0.5) is 0 Å². The minimum absolute atomic E-state index is 0.0170. The van der Waals surface area contributed by atoms with Gasteiger partial charge in [0.25, 0.3) is 5.79 Å². The first-order valence-electron chi connectivity index (χ1n) is 39.7. The third-order valence-electron chi connectivity index (χ3n) is 17.5. The van der Waals surface area contributed by atoms with E-state index in [-0.39, 0.29) is 99.1 Å². The van der Waals surface area contributed by atoms with Crippen LogP contribution in [0, 0.1) is 0 Å². The fraction of sp³-hybridized carbons (Fsp3) is 0.523. The van der Waals surface area contributed by atoms with Gasteiger partial charge in [-0.05, 0) is 143 Å². The predicted molar refractivity (Wildman–Crippen MR) is 440 cm³/mol. The van der Waals surface area contributed by atoms with E-state index >= 15 is 0 Å². The van der Waals surface area contributed by atoms with Gasteiger partial charge in [0, 0.05) is 59.8 Å². The smallest absolute Gasteiger partial charge is 0.263 e. The highest BCUT2D eigenvalue weighted by atomic mass is 35.5. The van der Waals surface area contributed by atoms with E-state index in [9.17, 15) is 20.4 Å². The molecular weight excluding hydrogens is 1540 g/mol. The average Bonchev–Trinajstić information content (AvgIpc) is 1.54. The average molecular weight is 1660 g/mol. The molecule has 1 aromatic heterocycles. The van der Waals surface area contributed by atoms with Crippen LogP contribution in [0.15, 0.2) is 156 Å². The van der Waals surface area contributed by atoms with Crippen LogP contribution in [0.1, 0.15) is 44.4 Å². The van der Waals surface area contributed by atoms with E-state index in [0.29, 0.717) is 234 Å². The summed E-state index contributed by atoms with van der Waals surface area (Å²) in [5.74, 6) is 0.423. The largest absolute Gasteiger partial charge is 0.491 e. The molecule has 8 rings (SSSR count). The number of hydrogen-bond acceptors (Lipinski definition) is 27. The lowest BCUT2D eigenvalue weighted by atomic mass is 10.00. The van der Waals surface area contributed by atoms with Crippen molar-refractivity contribution in [2.45, 2.75) is 57.9 Å². The Balaban J connectivity index is 1.17. The van der Waals surface area contributed by atoms with Gasteiger partial charge in [0.2, 0.25) is 0 Å². The van der Waals surface area contributed by atoms with Crippen LogP contribution in [0.5, 0.6) is 23.0 Å². The van der Waals surface area contributed by atoms with Gasteiger partial charge in [0.15, 0.2) is 0 Å². The van der Waals surface area contributed by atoms with Gasteiger partial charge in [-0.15, -0.1) is 0 Å². The maximum absolute atomic E-state index is 10.5. The quantitative estimate of drug-likeness (QED) is 0.0258.